The van der Waals surface area contributed by atoms with Gasteiger partial charge < -0.3 is 10.1 Å². The van der Waals surface area contributed by atoms with Gasteiger partial charge in [0.25, 0.3) is 11.8 Å². The van der Waals surface area contributed by atoms with E-state index in [1.54, 1.807) is 30.3 Å². The fourth-order valence-corrected chi connectivity index (χ4v) is 3.30. The fraction of sp³-hybridized carbons (Fsp3) is 0.200. The van der Waals surface area contributed by atoms with Gasteiger partial charge in [0, 0.05) is 17.1 Å². The van der Waals surface area contributed by atoms with Crippen LogP contribution in [0.4, 0.5) is 5.69 Å². The molecule has 2 aromatic carbocycles. The van der Waals surface area contributed by atoms with Gasteiger partial charge in [0.05, 0.1) is 23.0 Å². The van der Waals surface area contributed by atoms with Gasteiger partial charge in [-0.15, -0.1) is 0 Å². The second kappa shape index (κ2) is 9.60. The molecule has 0 spiro atoms. The van der Waals surface area contributed by atoms with E-state index in [0.29, 0.717) is 10.7 Å². The molecule has 8 nitrogen and oxygen atoms in total. The zero-order valence-corrected chi connectivity index (χ0v) is 17.1. The van der Waals surface area contributed by atoms with Crippen molar-refractivity contribution < 1.29 is 23.9 Å². The number of amides is 3. The number of para-hydroxylation sites is 1. The molecule has 2 N–H and O–H groups in total. The van der Waals surface area contributed by atoms with Gasteiger partial charge in [0.2, 0.25) is 5.91 Å². The van der Waals surface area contributed by atoms with E-state index < -0.39 is 36.2 Å². The highest BCUT2D eigenvalue weighted by Crippen LogP contribution is 2.22. The number of nitrogens with zero attached hydrogens (tertiary/aromatic N) is 1. The molecular formula is C20H17Cl2N3O5. The molecule has 0 bridgehead atoms. The topological polar surface area (TPSA) is 105 Å². The lowest BCUT2D eigenvalue weighted by atomic mass is 10.1. The van der Waals surface area contributed by atoms with Crippen LogP contribution >= 0.6 is 23.2 Å². The minimum Gasteiger partial charge on any atom is -0.455 e. The van der Waals surface area contributed by atoms with Crippen LogP contribution in [0.5, 0.6) is 0 Å². The summed E-state index contributed by atoms with van der Waals surface area (Å²) in [5, 5.41) is 4.12. The zero-order chi connectivity index (χ0) is 21.7. The first kappa shape index (κ1) is 21.6. The Morgan fingerprint density at radius 3 is 2.53 bits per heavy atom. The van der Waals surface area contributed by atoms with Crippen LogP contribution in [0.2, 0.25) is 10.0 Å². The van der Waals surface area contributed by atoms with Crippen LogP contribution in [0.15, 0.2) is 48.5 Å². The van der Waals surface area contributed by atoms with E-state index in [1.165, 1.54) is 18.2 Å². The third-order valence-electron chi connectivity index (χ3n) is 4.27. The number of nitrogens with one attached hydrogen (secondary N) is 2. The van der Waals surface area contributed by atoms with E-state index in [2.05, 4.69) is 10.7 Å². The Morgan fingerprint density at radius 1 is 1.10 bits per heavy atom. The molecule has 1 atom stereocenters. The number of anilines is 1. The highest BCUT2D eigenvalue weighted by molar-refractivity contribution is 6.36. The van der Waals surface area contributed by atoms with Crippen molar-refractivity contribution in [2.75, 3.05) is 18.5 Å². The number of esters is 1. The third-order valence-corrected chi connectivity index (χ3v) is 4.82. The number of hydrazine groups is 1. The summed E-state index contributed by atoms with van der Waals surface area (Å²) in [7, 11) is 0. The summed E-state index contributed by atoms with van der Waals surface area (Å²) >= 11 is 11.8. The van der Waals surface area contributed by atoms with Crippen molar-refractivity contribution in [2.45, 2.75) is 6.42 Å². The Labute approximate surface area is 182 Å². The SMILES string of the molecule is O=C(COC(=O)[C@H]1CC(=O)N(NC(=O)c2ccc(Cl)cc2Cl)C1)Nc1ccccc1. The van der Waals surface area contributed by atoms with Crippen LogP contribution < -0.4 is 10.7 Å². The van der Waals surface area contributed by atoms with Crippen molar-refractivity contribution in [2.24, 2.45) is 5.92 Å². The Kier molecular flexibility index (Phi) is 6.91. The molecule has 156 valence electrons. The summed E-state index contributed by atoms with van der Waals surface area (Å²) in [4.78, 5) is 48.6. The van der Waals surface area contributed by atoms with Crippen molar-refractivity contribution in [1.82, 2.24) is 10.4 Å². The van der Waals surface area contributed by atoms with Gasteiger partial charge in [-0.1, -0.05) is 41.4 Å². The normalized spacial score (nSPS) is 15.6. The molecule has 1 aliphatic rings. The molecule has 0 aliphatic carbocycles. The quantitative estimate of drug-likeness (QED) is 0.659. The Morgan fingerprint density at radius 2 is 1.83 bits per heavy atom. The second-order valence-corrected chi connectivity index (χ2v) is 7.34. The number of carbonyl (C=O) groups is 4. The molecular weight excluding hydrogens is 433 g/mol. The minimum absolute atomic E-state index is 0.0745. The van der Waals surface area contributed by atoms with Crippen molar-refractivity contribution in [3.05, 3.63) is 64.1 Å². The molecule has 3 amide bonds. The monoisotopic (exact) mass is 449 g/mol. The molecule has 1 fully saturated rings. The van der Waals surface area contributed by atoms with Crippen molar-refractivity contribution in [1.29, 1.82) is 0 Å². The molecule has 0 radical (unpaired) electrons. The van der Waals surface area contributed by atoms with Crippen molar-refractivity contribution in [3.8, 4) is 0 Å². The average Bonchev–Trinajstić information content (AvgIpc) is 3.07. The van der Waals surface area contributed by atoms with Gasteiger partial charge in [-0.2, -0.15) is 0 Å². The summed E-state index contributed by atoms with van der Waals surface area (Å²) in [6.45, 7) is -0.555. The molecule has 1 aliphatic heterocycles. The number of hydrogen-bond acceptors (Lipinski definition) is 5. The maximum atomic E-state index is 12.3. The van der Waals surface area contributed by atoms with Crippen LogP contribution in [0.1, 0.15) is 16.8 Å². The van der Waals surface area contributed by atoms with Gasteiger partial charge in [-0.05, 0) is 30.3 Å². The second-order valence-electron chi connectivity index (χ2n) is 6.49. The largest absolute Gasteiger partial charge is 0.455 e. The van der Waals surface area contributed by atoms with E-state index >= 15 is 0 Å². The number of halogens is 2. The number of hydrogen-bond donors (Lipinski definition) is 2. The zero-order valence-electron chi connectivity index (χ0n) is 15.6. The standard InChI is InChI=1S/C20H17Cl2N3O5/c21-13-6-7-15(16(22)9-13)19(28)24-25-10-12(8-18(25)27)20(29)30-11-17(26)23-14-4-2-1-3-5-14/h1-7,9,12H,8,10-11H2,(H,23,26)(H,24,28)/t12-/m0/s1. The maximum absolute atomic E-state index is 12.3. The van der Waals surface area contributed by atoms with E-state index in [0.717, 1.165) is 5.01 Å². The highest BCUT2D eigenvalue weighted by atomic mass is 35.5. The lowest BCUT2D eigenvalue weighted by Gasteiger charge is -2.18. The average molecular weight is 450 g/mol. The lowest BCUT2D eigenvalue weighted by molar-refractivity contribution is -0.151. The number of rotatable bonds is 6. The van der Waals surface area contributed by atoms with Crippen molar-refractivity contribution >= 4 is 52.6 Å². The van der Waals surface area contributed by atoms with E-state index in [9.17, 15) is 19.2 Å². The van der Waals surface area contributed by atoms with E-state index in [-0.39, 0.29) is 23.6 Å². The maximum Gasteiger partial charge on any atom is 0.311 e. The highest BCUT2D eigenvalue weighted by Gasteiger charge is 2.37. The summed E-state index contributed by atoms with van der Waals surface area (Å²) in [6, 6.07) is 13.0. The molecule has 0 unspecified atom stereocenters. The summed E-state index contributed by atoms with van der Waals surface area (Å²) in [6.07, 6.45) is -0.145. The first-order chi connectivity index (χ1) is 14.3. The lowest BCUT2D eigenvalue weighted by Crippen LogP contribution is -2.43. The van der Waals surface area contributed by atoms with Crippen LogP contribution in [0.25, 0.3) is 0 Å². The third kappa shape index (κ3) is 5.49. The predicted octanol–water partition coefficient (Wildman–Crippen LogP) is 2.67. The van der Waals surface area contributed by atoms with Crippen molar-refractivity contribution in [3.63, 3.8) is 0 Å². The molecule has 30 heavy (non-hydrogen) atoms. The molecule has 0 aromatic heterocycles. The van der Waals surface area contributed by atoms with Gasteiger partial charge >= 0.3 is 5.97 Å². The van der Waals surface area contributed by atoms with Gasteiger partial charge in [-0.3, -0.25) is 29.6 Å². The number of carbonyl (C=O) groups excluding carboxylic acids is 4. The Hall–Kier alpha value is -3.10. The summed E-state index contributed by atoms with van der Waals surface area (Å²) in [5.74, 6) is -3.07. The summed E-state index contributed by atoms with van der Waals surface area (Å²) in [5.41, 5.74) is 3.13. The van der Waals surface area contributed by atoms with Gasteiger partial charge in [-0.25, -0.2) is 0 Å². The van der Waals surface area contributed by atoms with E-state index in [4.69, 9.17) is 27.9 Å². The van der Waals surface area contributed by atoms with E-state index in [1.807, 2.05) is 0 Å². The Balaban J connectivity index is 1.50. The van der Waals surface area contributed by atoms with Crippen LogP contribution in [-0.2, 0) is 19.1 Å². The minimum atomic E-state index is -0.803. The molecule has 1 saturated heterocycles. The molecule has 0 saturated carbocycles. The Bertz CT molecular complexity index is 984. The van der Waals surface area contributed by atoms with Gasteiger partial charge in [0.1, 0.15) is 0 Å². The van der Waals surface area contributed by atoms with Gasteiger partial charge in [0.15, 0.2) is 6.61 Å². The molecule has 2 aromatic rings. The summed E-state index contributed by atoms with van der Waals surface area (Å²) < 4.78 is 5.00. The predicted molar refractivity (Wildman–Crippen MR) is 110 cm³/mol. The molecule has 10 heteroatoms. The first-order valence-corrected chi connectivity index (χ1v) is 9.67. The number of benzene rings is 2. The molecule has 1 heterocycles. The van der Waals surface area contributed by atoms with Crippen LogP contribution in [0.3, 0.4) is 0 Å². The number of ether oxygens (including phenoxy) is 1. The first-order valence-electron chi connectivity index (χ1n) is 8.91. The van der Waals surface area contributed by atoms with Crippen LogP contribution in [-0.4, -0.2) is 41.9 Å². The molecule has 3 rings (SSSR count). The fourth-order valence-electron chi connectivity index (χ4n) is 2.80. The van der Waals surface area contributed by atoms with Crippen LogP contribution in [0, 0.1) is 5.92 Å². The smallest absolute Gasteiger partial charge is 0.311 e.